The Morgan fingerprint density at radius 2 is 2.12 bits per heavy atom. The van der Waals surface area contributed by atoms with Gasteiger partial charge >= 0.3 is 5.97 Å². The van der Waals surface area contributed by atoms with Crippen LogP contribution < -0.4 is 5.32 Å². The molecule has 1 aliphatic carbocycles. The Hall–Kier alpha value is -2.34. The molecular formula is C19H21NO4S. The second-order valence-electron chi connectivity index (χ2n) is 5.91. The minimum absolute atomic E-state index is 0.293. The minimum atomic E-state index is -0.358. The number of carbonyl (C=O) groups is 2. The molecule has 0 saturated carbocycles. The van der Waals surface area contributed by atoms with E-state index in [0.29, 0.717) is 22.9 Å². The number of anilines is 1. The highest BCUT2D eigenvalue weighted by atomic mass is 32.1. The van der Waals surface area contributed by atoms with E-state index in [4.69, 9.17) is 9.15 Å². The van der Waals surface area contributed by atoms with Gasteiger partial charge in [-0.1, -0.05) is 0 Å². The highest BCUT2D eigenvalue weighted by Crippen LogP contribution is 2.38. The molecule has 1 N–H and O–H groups in total. The Labute approximate surface area is 150 Å². The zero-order valence-electron chi connectivity index (χ0n) is 14.4. The number of aryl methyl sites for hydroxylation is 2. The van der Waals surface area contributed by atoms with Crippen molar-refractivity contribution < 1.29 is 18.7 Å². The molecule has 0 aliphatic heterocycles. The highest BCUT2D eigenvalue weighted by Gasteiger charge is 2.26. The van der Waals surface area contributed by atoms with Crippen molar-refractivity contribution in [2.24, 2.45) is 0 Å². The number of esters is 1. The summed E-state index contributed by atoms with van der Waals surface area (Å²) >= 11 is 1.48. The molecule has 1 amide bonds. The molecule has 0 radical (unpaired) electrons. The topological polar surface area (TPSA) is 68.5 Å². The van der Waals surface area contributed by atoms with E-state index in [2.05, 4.69) is 5.32 Å². The Balaban J connectivity index is 1.81. The van der Waals surface area contributed by atoms with Crippen LogP contribution in [0.1, 0.15) is 52.1 Å². The molecule has 2 heterocycles. The fraction of sp³-hybridized carbons (Fsp3) is 0.368. The van der Waals surface area contributed by atoms with Gasteiger partial charge in [-0.15, -0.1) is 11.3 Å². The number of rotatable bonds is 5. The van der Waals surface area contributed by atoms with Crippen molar-refractivity contribution in [3.8, 4) is 0 Å². The smallest absolute Gasteiger partial charge is 0.341 e. The molecule has 0 atom stereocenters. The second kappa shape index (κ2) is 7.70. The predicted molar refractivity (Wildman–Crippen MR) is 98.0 cm³/mol. The van der Waals surface area contributed by atoms with Gasteiger partial charge in [0.15, 0.2) is 0 Å². The van der Waals surface area contributed by atoms with Gasteiger partial charge in [0.05, 0.1) is 12.2 Å². The maximum Gasteiger partial charge on any atom is 0.341 e. The van der Waals surface area contributed by atoms with Crippen molar-refractivity contribution in [1.82, 2.24) is 0 Å². The summed E-state index contributed by atoms with van der Waals surface area (Å²) in [6, 6.07) is 3.64. The number of thiophene rings is 1. The summed E-state index contributed by atoms with van der Waals surface area (Å²) in [5.74, 6) is 0.750. The van der Waals surface area contributed by atoms with Crippen LogP contribution in [0.4, 0.5) is 5.00 Å². The van der Waals surface area contributed by atoms with Crippen LogP contribution in [0.2, 0.25) is 0 Å². The Bertz CT molecular complexity index is 816. The van der Waals surface area contributed by atoms with Gasteiger partial charge in [-0.3, -0.25) is 4.79 Å². The van der Waals surface area contributed by atoms with Gasteiger partial charge in [-0.2, -0.15) is 0 Å². The van der Waals surface area contributed by atoms with Crippen molar-refractivity contribution in [2.75, 3.05) is 11.9 Å². The first kappa shape index (κ1) is 17.5. The number of hydrogen-bond acceptors (Lipinski definition) is 5. The van der Waals surface area contributed by atoms with Crippen molar-refractivity contribution in [3.63, 3.8) is 0 Å². The van der Waals surface area contributed by atoms with Crippen LogP contribution in [0, 0.1) is 6.92 Å². The van der Waals surface area contributed by atoms with Crippen LogP contribution >= 0.6 is 11.3 Å². The van der Waals surface area contributed by atoms with E-state index >= 15 is 0 Å². The zero-order valence-corrected chi connectivity index (χ0v) is 15.2. The van der Waals surface area contributed by atoms with E-state index in [1.165, 1.54) is 22.3 Å². The monoisotopic (exact) mass is 359 g/mol. The lowest BCUT2D eigenvalue weighted by atomic mass is 9.95. The van der Waals surface area contributed by atoms with Crippen molar-refractivity contribution in [2.45, 2.75) is 39.5 Å². The van der Waals surface area contributed by atoms with Gasteiger partial charge < -0.3 is 14.5 Å². The van der Waals surface area contributed by atoms with Crippen LogP contribution in [0.3, 0.4) is 0 Å². The fourth-order valence-corrected chi connectivity index (χ4v) is 4.21. The van der Waals surface area contributed by atoms with E-state index in [1.807, 2.05) is 13.0 Å². The summed E-state index contributed by atoms with van der Waals surface area (Å²) < 4.78 is 10.6. The molecule has 6 heteroatoms. The van der Waals surface area contributed by atoms with Crippen LogP contribution in [0.5, 0.6) is 0 Å². The molecule has 0 bridgehead atoms. The molecular weight excluding hydrogens is 338 g/mol. The van der Waals surface area contributed by atoms with Gasteiger partial charge in [-0.25, -0.2) is 4.79 Å². The first-order chi connectivity index (χ1) is 12.1. The minimum Gasteiger partial charge on any atom is -0.462 e. The van der Waals surface area contributed by atoms with E-state index in [-0.39, 0.29) is 11.9 Å². The number of amides is 1. The number of nitrogens with one attached hydrogen (secondary N) is 1. The van der Waals surface area contributed by atoms with Gasteiger partial charge in [0.25, 0.3) is 0 Å². The average Bonchev–Trinajstić information content (AvgIpc) is 3.16. The molecule has 2 aromatic rings. The highest BCUT2D eigenvalue weighted by molar-refractivity contribution is 7.17. The zero-order chi connectivity index (χ0) is 17.8. The number of furan rings is 1. The third-order valence-electron chi connectivity index (χ3n) is 4.05. The van der Waals surface area contributed by atoms with Crippen LogP contribution in [-0.4, -0.2) is 18.5 Å². The molecule has 1 aliphatic rings. The molecule has 25 heavy (non-hydrogen) atoms. The van der Waals surface area contributed by atoms with Crippen molar-refractivity contribution in [3.05, 3.63) is 45.7 Å². The third kappa shape index (κ3) is 4.02. The van der Waals surface area contributed by atoms with Gasteiger partial charge in [-0.05, 0) is 63.3 Å². The maximum absolute atomic E-state index is 12.4. The first-order valence-electron chi connectivity index (χ1n) is 8.45. The molecule has 0 saturated heterocycles. The lowest BCUT2D eigenvalue weighted by molar-refractivity contribution is -0.111. The van der Waals surface area contributed by atoms with Crippen LogP contribution in [-0.2, 0) is 22.4 Å². The summed E-state index contributed by atoms with van der Waals surface area (Å²) in [4.78, 5) is 25.8. The fourth-order valence-electron chi connectivity index (χ4n) is 2.93. The van der Waals surface area contributed by atoms with E-state index in [1.54, 1.807) is 19.1 Å². The van der Waals surface area contributed by atoms with Crippen molar-refractivity contribution >= 4 is 34.3 Å². The van der Waals surface area contributed by atoms with E-state index in [0.717, 1.165) is 37.0 Å². The average molecular weight is 359 g/mol. The number of ether oxygens (including phenoxy) is 1. The summed E-state index contributed by atoms with van der Waals surface area (Å²) in [6.07, 6.45) is 7.00. The van der Waals surface area contributed by atoms with E-state index < -0.39 is 0 Å². The molecule has 0 unspecified atom stereocenters. The maximum atomic E-state index is 12.4. The number of fused-ring (bicyclic) bond motifs is 1. The normalized spacial score (nSPS) is 13.7. The van der Waals surface area contributed by atoms with Crippen LogP contribution in [0.15, 0.2) is 22.6 Å². The molecule has 3 rings (SSSR count). The molecule has 5 nitrogen and oxygen atoms in total. The third-order valence-corrected chi connectivity index (χ3v) is 5.25. The molecule has 132 valence electrons. The lowest BCUT2D eigenvalue weighted by Gasteiger charge is -2.12. The first-order valence-corrected chi connectivity index (χ1v) is 9.27. The summed E-state index contributed by atoms with van der Waals surface area (Å²) in [6.45, 7) is 3.94. The summed E-state index contributed by atoms with van der Waals surface area (Å²) in [7, 11) is 0. The molecule has 0 spiro atoms. The van der Waals surface area contributed by atoms with Gasteiger partial charge in [0, 0.05) is 11.0 Å². The Morgan fingerprint density at radius 1 is 1.32 bits per heavy atom. The quantitative estimate of drug-likeness (QED) is 0.636. The standard InChI is InChI=1S/C19H21NO4S/c1-3-23-19(22)17-14-6-4-5-7-15(14)25-18(17)20-16(21)11-10-13-9-8-12(2)24-13/h8-11H,3-7H2,1-2H3,(H,20,21). The summed E-state index contributed by atoms with van der Waals surface area (Å²) in [5.41, 5.74) is 1.56. The number of hydrogen-bond donors (Lipinski definition) is 1. The molecule has 0 aromatic carbocycles. The molecule has 0 fully saturated rings. The SMILES string of the molecule is CCOC(=O)c1c(NC(=O)C=Cc2ccc(C)o2)sc2c1CCCC2. The Morgan fingerprint density at radius 3 is 2.84 bits per heavy atom. The molecule has 2 aromatic heterocycles. The second-order valence-corrected chi connectivity index (χ2v) is 7.01. The van der Waals surface area contributed by atoms with Crippen LogP contribution in [0.25, 0.3) is 6.08 Å². The van der Waals surface area contributed by atoms with E-state index in [9.17, 15) is 9.59 Å². The predicted octanol–water partition coefficient (Wildman–Crippen LogP) is 4.36. The largest absolute Gasteiger partial charge is 0.462 e. The van der Waals surface area contributed by atoms with Crippen molar-refractivity contribution in [1.29, 1.82) is 0 Å². The Kier molecular flexibility index (Phi) is 5.38. The van der Waals surface area contributed by atoms with Gasteiger partial charge in [0.2, 0.25) is 5.91 Å². The lowest BCUT2D eigenvalue weighted by Crippen LogP contribution is -2.14. The number of carbonyl (C=O) groups excluding carboxylic acids is 2. The van der Waals surface area contributed by atoms with Gasteiger partial charge in [0.1, 0.15) is 16.5 Å². The summed E-state index contributed by atoms with van der Waals surface area (Å²) in [5, 5.41) is 3.41.